The summed E-state index contributed by atoms with van der Waals surface area (Å²) in [6.45, 7) is 11.2. The average molecular weight is 545 g/mol. The van der Waals surface area contributed by atoms with Crippen LogP contribution in [-0.4, -0.2) is 131 Å². The molecule has 6 aliphatic heterocycles. The molecule has 2 atom stereocenters. The molecule has 0 aromatic carbocycles. The summed E-state index contributed by atoms with van der Waals surface area (Å²) in [4.78, 5) is 64.4. The summed E-state index contributed by atoms with van der Waals surface area (Å²) in [5, 5.41) is 3.41. The van der Waals surface area contributed by atoms with Gasteiger partial charge in [-0.3, -0.25) is 29.0 Å². The van der Waals surface area contributed by atoms with E-state index >= 15 is 0 Å². The number of piperazine rings is 1. The number of hydrogen-bond donors (Lipinski definition) is 1. The molecule has 4 amide bonds. The number of rotatable bonds is 1. The third-order valence-corrected chi connectivity index (χ3v) is 9.76. The lowest BCUT2D eigenvalue weighted by Crippen LogP contribution is -2.62. The Balaban J connectivity index is 1.40. The maximum Gasteiger partial charge on any atom is 0.241 e. The van der Waals surface area contributed by atoms with E-state index < -0.39 is 5.54 Å². The Bertz CT molecular complexity index is 963. The number of likely N-dealkylation sites (N-methyl/N-ethyl adjacent to an activating group) is 1. The molecule has 6 saturated heterocycles. The SMILES string of the molecule is CN1CCN2C[C@@H]1C(=O)N1CCC(CC1)N1CCCC1C(=O)NC1(CCN(C(=O)CC(C)(C)C)CC1)CC2=O. The average Bonchev–Trinajstić information content (AvgIpc) is 3.38. The number of amides is 4. The van der Waals surface area contributed by atoms with Gasteiger partial charge in [-0.15, -0.1) is 0 Å². The number of nitrogens with zero attached hydrogens (tertiary/aromatic N) is 5. The van der Waals surface area contributed by atoms with E-state index in [0.717, 1.165) is 32.2 Å². The molecule has 218 valence electrons. The van der Waals surface area contributed by atoms with E-state index in [-0.39, 0.29) is 47.5 Å². The Morgan fingerprint density at radius 1 is 0.897 bits per heavy atom. The van der Waals surface area contributed by atoms with E-state index in [4.69, 9.17) is 0 Å². The quantitative estimate of drug-likeness (QED) is 0.527. The van der Waals surface area contributed by atoms with Crippen molar-refractivity contribution >= 4 is 23.6 Å². The van der Waals surface area contributed by atoms with E-state index in [1.165, 1.54) is 0 Å². The summed E-state index contributed by atoms with van der Waals surface area (Å²) >= 11 is 0. The highest BCUT2D eigenvalue weighted by Crippen LogP contribution is 2.32. The van der Waals surface area contributed by atoms with Crippen LogP contribution in [0.5, 0.6) is 0 Å². The number of hydrogen-bond acceptors (Lipinski definition) is 6. The Kier molecular flexibility index (Phi) is 7.99. The summed E-state index contributed by atoms with van der Waals surface area (Å²) in [6.07, 6.45) is 5.40. The zero-order chi connectivity index (χ0) is 27.9. The lowest BCUT2D eigenvalue weighted by molar-refractivity contribution is -0.144. The summed E-state index contributed by atoms with van der Waals surface area (Å²) in [7, 11) is 1.98. The number of nitrogens with one attached hydrogen (secondary N) is 1. The molecule has 6 rings (SSSR count). The Labute approximate surface area is 233 Å². The zero-order valence-corrected chi connectivity index (χ0v) is 24.4. The maximum atomic E-state index is 13.9. The van der Waals surface area contributed by atoms with Crippen LogP contribution >= 0.6 is 0 Å². The van der Waals surface area contributed by atoms with Crippen LogP contribution < -0.4 is 5.32 Å². The molecule has 0 aromatic heterocycles. The molecule has 0 radical (unpaired) electrons. The largest absolute Gasteiger partial charge is 0.349 e. The van der Waals surface area contributed by atoms with Crippen LogP contribution in [0.4, 0.5) is 0 Å². The number of carbonyl (C=O) groups is 4. The van der Waals surface area contributed by atoms with Gasteiger partial charge in [-0.25, -0.2) is 0 Å². The van der Waals surface area contributed by atoms with Crippen LogP contribution in [0.2, 0.25) is 0 Å². The van der Waals surface area contributed by atoms with Gasteiger partial charge < -0.3 is 20.0 Å². The second kappa shape index (κ2) is 11.0. The number of piperidine rings is 2. The third-order valence-electron chi connectivity index (χ3n) is 9.76. The van der Waals surface area contributed by atoms with Crippen LogP contribution in [0.3, 0.4) is 0 Å². The predicted molar refractivity (Wildman–Crippen MR) is 148 cm³/mol. The van der Waals surface area contributed by atoms with E-state index in [1.807, 2.05) is 21.7 Å². The molecule has 0 aliphatic carbocycles. The predicted octanol–water partition coefficient (Wildman–Crippen LogP) is 0.902. The van der Waals surface area contributed by atoms with E-state index in [2.05, 4.69) is 35.9 Å². The van der Waals surface area contributed by atoms with Crippen LogP contribution in [0.25, 0.3) is 0 Å². The molecule has 1 N–H and O–H groups in total. The van der Waals surface area contributed by atoms with E-state index in [9.17, 15) is 19.2 Å². The normalized spacial score (nSPS) is 29.8. The van der Waals surface area contributed by atoms with Crippen molar-refractivity contribution in [1.29, 1.82) is 0 Å². The van der Waals surface area contributed by atoms with Gasteiger partial charge in [0.15, 0.2) is 0 Å². The van der Waals surface area contributed by atoms with Gasteiger partial charge in [-0.1, -0.05) is 20.8 Å². The fraction of sp³-hybridized carbons (Fsp3) is 0.862. The fourth-order valence-electron chi connectivity index (χ4n) is 7.34. The van der Waals surface area contributed by atoms with Crippen molar-refractivity contribution in [1.82, 2.24) is 29.8 Å². The first-order valence-electron chi connectivity index (χ1n) is 15.1. The summed E-state index contributed by atoms with van der Waals surface area (Å²) in [6, 6.07) is -0.223. The minimum atomic E-state index is -0.675. The van der Waals surface area contributed by atoms with Gasteiger partial charge in [-0.2, -0.15) is 0 Å². The van der Waals surface area contributed by atoms with Crippen molar-refractivity contribution in [3.8, 4) is 0 Å². The minimum Gasteiger partial charge on any atom is -0.349 e. The van der Waals surface area contributed by atoms with Gasteiger partial charge >= 0.3 is 0 Å². The smallest absolute Gasteiger partial charge is 0.241 e. The molecule has 6 heterocycles. The second-order valence-corrected chi connectivity index (χ2v) is 13.9. The molecule has 6 fully saturated rings. The molecule has 0 saturated carbocycles. The van der Waals surface area contributed by atoms with Crippen LogP contribution in [-0.2, 0) is 19.2 Å². The molecular weight excluding hydrogens is 496 g/mol. The van der Waals surface area contributed by atoms with Crippen molar-refractivity contribution in [2.75, 3.05) is 59.4 Å². The number of likely N-dealkylation sites (tertiary alicyclic amines) is 1. The highest BCUT2D eigenvalue weighted by Gasteiger charge is 2.46. The number of carbonyl (C=O) groups excluding carboxylic acids is 4. The summed E-state index contributed by atoms with van der Waals surface area (Å²) in [5.74, 6) is 0.281. The molecule has 1 spiro atoms. The van der Waals surface area contributed by atoms with E-state index in [1.54, 1.807) is 0 Å². The molecular formula is C29H48N6O4. The highest BCUT2D eigenvalue weighted by molar-refractivity contribution is 5.86. The van der Waals surface area contributed by atoms with Gasteiger partial charge in [0.05, 0.1) is 18.0 Å². The van der Waals surface area contributed by atoms with Crippen molar-refractivity contribution in [2.24, 2.45) is 5.41 Å². The first-order chi connectivity index (χ1) is 18.4. The molecule has 1 unspecified atom stereocenters. The summed E-state index contributed by atoms with van der Waals surface area (Å²) in [5.41, 5.74) is -0.762. The first-order valence-corrected chi connectivity index (χ1v) is 15.1. The summed E-state index contributed by atoms with van der Waals surface area (Å²) < 4.78 is 0. The zero-order valence-electron chi connectivity index (χ0n) is 24.4. The molecule has 10 heteroatoms. The van der Waals surface area contributed by atoms with Crippen LogP contribution in [0.15, 0.2) is 0 Å². The van der Waals surface area contributed by atoms with Gasteiger partial charge in [-0.05, 0) is 57.5 Å². The fourth-order valence-corrected chi connectivity index (χ4v) is 7.34. The second-order valence-electron chi connectivity index (χ2n) is 13.9. The molecule has 39 heavy (non-hydrogen) atoms. The lowest BCUT2D eigenvalue weighted by Gasteiger charge is -2.45. The standard InChI is InChI=1S/C29H48N6O4/c1-28(2,3)18-24(36)32-14-9-29(10-15-32)19-25(37)34-17-16-31(4)23(20-34)27(39)33-12-7-21(8-13-33)35-11-5-6-22(35)26(38)30-29/h21-23H,5-20H2,1-4H3,(H,30,38)/t22?,23-/m1/s1. The molecule has 10 nitrogen and oxygen atoms in total. The Morgan fingerprint density at radius 2 is 1.59 bits per heavy atom. The monoisotopic (exact) mass is 544 g/mol. The number of fused-ring (bicyclic) bond motifs is 4. The third kappa shape index (κ3) is 6.11. The van der Waals surface area contributed by atoms with Crippen LogP contribution in [0, 0.1) is 5.41 Å². The van der Waals surface area contributed by atoms with Gasteiger partial charge in [0.25, 0.3) is 0 Å². The highest BCUT2D eigenvalue weighted by atomic mass is 16.2. The molecule has 4 bridgehead atoms. The van der Waals surface area contributed by atoms with Gasteiger partial charge in [0.1, 0.15) is 6.04 Å². The van der Waals surface area contributed by atoms with Crippen molar-refractivity contribution in [3.05, 3.63) is 0 Å². The lowest BCUT2D eigenvalue weighted by atomic mass is 9.82. The topological polar surface area (TPSA) is 96.5 Å². The van der Waals surface area contributed by atoms with Gasteiger partial charge in [0.2, 0.25) is 23.6 Å². The van der Waals surface area contributed by atoms with Crippen molar-refractivity contribution in [2.45, 2.75) is 95.8 Å². The first kappa shape index (κ1) is 28.3. The minimum absolute atomic E-state index is 0.00637. The van der Waals surface area contributed by atoms with Crippen molar-refractivity contribution in [3.63, 3.8) is 0 Å². The Morgan fingerprint density at radius 3 is 2.26 bits per heavy atom. The van der Waals surface area contributed by atoms with Crippen molar-refractivity contribution < 1.29 is 19.2 Å². The van der Waals surface area contributed by atoms with Gasteiger partial charge in [0, 0.05) is 58.3 Å². The van der Waals surface area contributed by atoms with Crippen LogP contribution in [0.1, 0.15) is 72.1 Å². The maximum absolute atomic E-state index is 13.9. The molecule has 0 aromatic rings. The Hall–Kier alpha value is -2.20. The van der Waals surface area contributed by atoms with E-state index in [0.29, 0.717) is 71.1 Å². The molecule has 6 aliphatic rings.